The van der Waals surface area contributed by atoms with Gasteiger partial charge in [-0.2, -0.15) is 4.99 Å². The van der Waals surface area contributed by atoms with Crippen molar-refractivity contribution in [1.29, 1.82) is 0 Å². The highest BCUT2D eigenvalue weighted by molar-refractivity contribution is 5.95. The molecule has 0 unspecified atom stereocenters. The summed E-state index contributed by atoms with van der Waals surface area (Å²) in [5.74, 6) is 0.0913. The lowest BCUT2D eigenvalue weighted by molar-refractivity contribution is -0.118. The Labute approximate surface area is 213 Å². The Morgan fingerprint density at radius 2 is 1.68 bits per heavy atom. The van der Waals surface area contributed by atoms with Gasteiger partial charge in [0.15, 0.2) is 5.96 Å². The lowest BCUT2D eigenvalue weighted by Crippen LogP contribution is -2.32. The Hall–Kier alpha value is -4.99. The largest absolute Gasteiger partial charge is 0.424 e. The van der Waals surface area contributed by atoms with Crippen molar-refractivity contribution in [3.63, 3.8) is 0 Å². The minimum atomic E-state index is -0.443. The Morgan fingerprint density at radius 3 is 2.30 bits per heavy atom. The van der Waals surface area contributed by atoms with Crippen LogP contribution in [-0.4, -0.2) is 39.1 Å². The van der Waals surface area contributed by atoms with Crippen LogP contribution < -0.4 is 16.4 Å². The van der Waals surface area contributed by atoms with Crippen molar-refractivity contribution < 1.29 is 14.0 Å². The third kappa shape index (κ3) is 6.37. The number of hydrogen-bond acceptors (Lipinski definition) is 5. The highest BCUT2D eigenvalue weighted by Crippen LogP contribution is 2.29. The first-order chi connectivity index (χ1) is 17.9. The number of nitrogens with one attached hydrogen (secondary N) is 2. The third-order valence-corrected chi connectivity index (χ3v) is 5.43. The summed E-state index contributed by atoms with van der Waals surface area (Å²) < 4.78 is 7.16. The van der Waals surface area contributed by atoms with Crippen molar-refractivity contribution in [3.8, 4) is 22.5 Å². The number of benzene rings is 2. The van der Waals surface area contributed by atoms with Crippen molar-refractivity contribution in [1.82, 2.24) is 25.4 Å². The molecule has 2 aromatic carbocycles. The molecule has 0 saturated carbocycles. The highest BCUT2D eigenvalue weighted by Gasteiger charge is 2.16. The van der Waals surface area contributed by atoms with E-state index < -0.39 is 5.91 Å². The van der Waals surface area contributed by atoms with E-state index in [-0.39, 0.29) is 25.0 Å². The molecule has 4 rings (SSSR count). The molecule has 2 amide bonds. The predicted molar refractivity (Wildman–Crippen MR) is 140 cm³/mol. The summed E-state index contributed by atoms with van der Waals surface area (Å²) in [6.45, 7) is 5.79. The predicted octanol–water partition coefficient (Wildman–Crippen LogP) is 3.06. The molecule has 0 spiro atoms. The maximum atomic E-state index is 12.9. The second kappa shape index (κ2) is 11.6. The van der Waals surface area contributed by atoms with Gasteiger partial charge in [-0.25, -0.2) is 0 Å². The minimum absolute atomic E-state index is 0.0455. The highest BCUT2D eigenvalue weighted by atomic mass is 16.4. The van der Waals surface area contributed by atoms with Crippen molar-refractivity contribution in [3.05, 3.63) is 96.7 Å². The second-order valence-corrected chi connectivity index (χ2v) is 8.09. The molecule has 0 atom stereocenters. The Balaban J connectivity index is 1.57. The molecule has 4 N–H and O–H groups in total. The standard InChI is InChI=1S/C27H27N7O3/c1-3-15-29-26(36)21-11-9-20(10-12-21)23-14-13-22(19-7-5-4-6-8-19)34(23)17-24(35)31-27(28)30-16-25-33-32-18(2)37-25/h3-14H,1,15-17H2,2H3,(H,29,36)(H3,28,30,31,35). The second-order valence-electron chi connectivity index (χ2n) is 8.09. The molecule has 0 aliphatic rings. The molecule has 0 bridgehead atoms. The first-order valence-electron chi connectivity index (χ1n) is 11.6. The van der Waals surface area contributed by atoms with E-state index in [0.717, 1.165) is 22.5 Å². The number of aliphatic imine (C=N–C) groups is 1. The zero-order chi connectivity index (χ0) is 26.2. The number of aromatic nitrogens is 3. The van der Waals surface area contributed by atoms with Gasteiger partial charge in [-0.15, -0.1) is 16.8 Å². The zero-order valence-electron chi connectivity index (χ0n) is 20.3. The maximum absolute atomic E-state index is 12.9. The molecule has 0 radical (unpaired) electrons. The van der Waals surface area contributed by atoms with Gasteiger partial charge in [0.1, 0.15) is 6.54 Å². The van der Waals surface area contributed by atoms with E-state index in [1.54, 1.807) is 25.1 Å². The fraction of sp³-hybridized carbons (Fsp3) is 0.148. The van der Waals surface area contributed by atoms with E-state index in [2.05, 4.69) is 32.4 Å². The van der Waals surface area contributed by atoms with Crippen molar-refractivity contribution in [2.45, 2.75) is 20.0 Å². The molecule has 0 fully saturated rings. The summed E-state index contributed by atoms with van der Waals surface area (Å²) >= 11 is 0. The van der Waals surface area contributed by atoms with Gasteiger partial charge in [0.25, 0.3) is 11.8 Å². The van der Waals surface area contributed by atoms with Gasteiger partial charge in [0.2, 0.25) is 11.8 Å². The first kappa shape index (κ1) is 25.1. The molecular formula is C27H27N7O3. The first-order valence-corrected chi connectivity index (χ1v) is 11.6. The normalized spacial score (nSPS) is 11.2. The lowest BCUT2D eigenvalue weighted by atomic mass is 10.1. The van der Waals surface area contributed by atoms with Crippen LogP contribution in [0, 0.1) is 6.92 Å². The molecule has 0 aliphatic heterocycles. The summed E-state index contributed by atoms with van der Waals surface area (Å²) in [5.41, 5.74) is 9.88. The number of amides is 2. The maximum Gasteiger partial charge on any atom is 0.268 e. The summed E-state index contributed by atoms with van der Waals surface area (Å²) in [5, 5.41) is 13.2. The van der Waals surface area contributed by atoms with Gasteiger partial charge in [-0.1, -0.05) is 48.5 Å². The van der Waals surface area contributed by atoms with Gasteiger partial charge >= 0.3 is 0 Å². The minimum Gasteiger partial charge on any atom is -0.424 e. The van der Waals surface area contributed by atoms with Gasteiger partial charge < -0.3 is 25.4 Å². The van der Waals surface area contributed by atoms with Crippen LogP contribution in [0.1, 0.15) is 22.1 Å². The lowest BCUT2D eigenvalue weighted by Gasteiger charge is -2.13. The van der Waals surface area contributed by atoms with E-state index in [9.17, 15) is 9.59 Å². The number of guanidine groups is 1. The number of aryl methyl sites for hydroxylation is 1. The number of carbonyl (C=O) groups is 2. The summed E-state index contributed by atoms with van der Waals surface area (Å²) in [6, 6.07) is 20.8. The summed E-state index contributed by atoms with van der Waals surface area (Å²) in [6.07, 6.45) is 1.62. The van der Waals surface area contributed by atoms with Gasteiger partial charge in [-0.05, 0) is 35.4 Å². The van der Waals surface area contributed by atoms with Crippen LogP contribution in [0.4, 0.5) is 0 Å². The van der Waals surface area contributed by atoms with Crippen molar-refractivity contribution in [2.24, 2.45) is 10.7 Å². The van der Waals surface area contributed by atoms with E-state index >= 15 is 0 Å². The van der Waals surface area contributed by atoms with Crippen LogP contribution in [0.5, 0.6) is 0 Å². The van der Waals surface area contributed by atoms with Crippen molar-refractivity contribution in [2.75, 3.05) is 6.54 Å². The number of hydrogen-bond donors (Lipinski definition) is 3. The average molecular weight is 498 g/mol. The van der Waals surface area contributed by atoms with Crippen LogP contribution in [0.2, 0.25) is 0 Å². The molecule has 0 aliphatic carbocycles. The van der Waals surface area contributed by atoms with Crippen LogP contribution in [0.15, 0.2) is 88.8 Å². The fourth-order valence-corrected chi connectivity index (χ4v) is 3.73. The van der Waals surface area contributed by atoms with Crippen molar-refractivity contribution >= 4 is 17.8 Å². The van der Waals surface area contributed by atoms with Crippen LogP contribution in [0.25, 0.3) is 22.5 Å². The Bertz CT molecular complexity index is 1420. The van der Waals surface area contributed by atoms with E-state index in [0.29, 0.717) is 23.9 Å². The van der Waals surface area contributed by atoms with Gasteiger partial charge in [0, 0.05) is 30.4 Å². The topological polar surface area (TPSA) is 140 Å². The molecule has 10 nitrogen and oxygen atoms in total. The molecular weight excluding hydrogens is 470 g/mol. The average Bonchev–Trinajstić information content (AvgIpc) is 3.52. The third-order valence-electron chi connectivity index (χ3n) is 5.43. The quantitative estimate of drug-likeness (QED) is 0.183. The smallest absolute Gasteiger partial charge is 0.268 e. The molecule has 2 heterocycles. The van der Waals surface area contributed by atoms with E-state index in [4.69, 9.17) is 10.2 Å². The summed E-state index contributed by atoms with van der Waals surface area (Å²) in [4.78, 5) is 29.1. The van der Waals surface area contributed by atoms with Gasteiger partial charge in [-0.3, -0.25) is 9.59 Å². The zero-order valence-corrected chi connectivity index (χ0v) is 20.3. The molecule has 2 aromatic heterocycles. The molecule has 188 valence electrons. The van der Waals surface area contributed by atoms with E-state index in [1.807, 2.05) is 59.2 Å². The Kier molecular flexibility index (Phi) is 7.89. The SMILES string of the molecule is C=CCNC(=O)c1ccc(-c2ccc(-c3ccccc3)n2CC(=O)N=C(N)NCc2nnc(C)o2)cc1. The fourth-order valence-electron chi connectivity index (χ4n) is 3.73. The molecule has 37 heavy (non-hydrogen) atoms. The Morgan fingerprint density at radius 1 is 1.00 bits per heavy atom. The molecule has 0 saturated heterocycles. The number of nitrogens with two attached hydrogens (primary N) is 1. The van der Waals surface area contributed by atoms with E-state index in [1.165, 1.54) is 0 Å². The number of nitrogens with zero attached hydrogens (tertiary/aromatic N) is 4. The number of carbonyl (C=O) groups excluding carboxylic acids is 2. The molecule has 10 heteroatoms. The van der Waals surface area contributed by atoms with Gasteiger partial charge in [0.05, 0.1) is 6.54 Å². The van der Waals surface area contributed by atoms with Crippen LogP contribution in [0.3, 0.4) is 0 Å². The monoisotopic (exact) mass is 497 g/mol. The summed E-state index contributed by atoms with van der Waals surface area (Å²) in [7, 11) is 0. The van der Waals surface area contributed by atoms with Crippen LogP contribution in [-0.2, 0) is 17.9 Å². The number of rotatable bonds is 9. The molecule has 4 aromatic rings. The van der Waals surface area contributed by atoms with Crippen LogP contribution >= 0.6 is 0 Å².